The number of hydrogen-bond acceptors (Lipinski definition) is 2. The molecule has 0 saturated heterocycles. The van der Waals surface area contributed by atoms with Crippen LogP contribution in [0.5, 0.6) is 0 Å². The van der Waals surface area contributed by atoms with Crippen molar-refractivity contribution in [1.29, 1.82) is 0 Å². The van der Waals surface area contributed by atoms with Crippen LogP contribution in [0.15, 0.2) is 78.9 Å². The predicted octanol–water partition coefficient (Wildman–Crippen LogP) is 5.01. The maximum absolute atomic E-state index is 13.7. The Labute approximate surface area is 197 Å². The number of carbonyl (C=O) groups is 2. The topological polar surface area (TPSA) is 49.4 Å². The second kappa shape index (κ2) is 11.5. The van der Waals surface area contributed by atoms with E-state index in [0.29, 0.717) is 13.0 Å². The molecule has 0 radical (unpaired) electrons. The fourth-order valence-corrected chi connectivity index (χ4v) is 4.00. The summed E-state index contributed by atoms with van der Waals surface area (Å²) in [5.74, 6) is -0.177. The third-order valence-corrected chi connectivity index (χ3v) is 5.74. The molecule has 0 bridgehead atoms. The Kier molecular flexibility index (Phi) is 8.42. The van der Waals surface area contributed by atoms with Gasteiger partial charge in [-0.2, -0.15) is 0 Å². The van der Waals surface area contributed by atoms with Crippen LogP contribution < -0.4 is 5.32 Å². The lowest BCUT2D eigenvalue weighted by molar-refractivity contribution is -0.141. The first-order valence-corrected chi connectivity index (χ1v) is 11.6. The first-order valence-electron chi connectivity index (χ1n) is 11.6. The Bertz CT molecular complexity index is 1080. The first-order chi connectivity index (χ1) is 15.8. The average Bonchev–Trinajstić information content (AvgIpc) is 2.77. The van der Waals surface area contributed by atoms with Crippen molar-refractivity contribution in [2.24, 2.45) is 0 Å². The second-order valence-electron chi connectivity index (χ2n) is 8.98. The summed E-state index contributed by atoms with van der Waals surface area (Å²) in [5.41, 5.74) is 5.25. The van der Waals surface area contributed by atoms with E-state index in [1.807, 2.05) is 107 Å². The summed E-state index contributed by atoms with van der Waals surface area (Å²) in [4.78, 5) is 28.8. The molecule has 3 aromatic carbocycles. The summed E-state index contributed by atoms with van der Waals surface area (Å²) < 4.78 is 0. The van der Waals surface area contributed by atoms with Crippen molar-refractivity contribution in [2.75, 3.05) is 0 Å². The van der Waals surface area contributed by atoms with E-state index in [1.54, 1.807) is 4.90 Å². The molecule has 1 atom stereocenters. The molecule has 172 valence electrons. The molecule has 0 heterocycles. The van der Waals surface area contributed by atoms with Gasteiger partial charge in [0.1, 0.15) is 6.04 Å². The quantitative estimate of drug-likeness (QED) is 0.506. The van der Waals surface area contributed by atoms with Crippen LogP contribution in [0.25, 0.3) is 0 Å². The summed E-state index contributed by atoms with van der Waals surface area (Å²) in [5, 5.41) is 3.04. The number of aryl methyl sites for hydroxylation is 2. The zero-order valence-corrected chi connectivity index (χ0v) is 20.0. The maximum Gasteiger partial charge on any atom is 0.243 e. The molecule has 2 amide bonds. The number of benzene rings is 3. The normalized spacial score (nSPS) is 11.8. The zero-order chi connectivity index (χ0) is 23.8. The van der Waals surface area contributed by atoms with E-state index in [4.69, 9.17) is 0 Å². The van der Waals surface area contributed by atoms with E-state index in [2.05, 4.69) is 5.32 Å². The molecule has 3 rings (SSSR count). The maximum atomic E-state index is 13.7. The van der Waals surface area contributed by atoms with Gasteiger partial charge >= 0.3 is 0 Å². The van der Waals surface area contributed by atoms with Crippen molar-refractivity contribution >= 4 is 11.8 Å². The molecule has 0 aliphatic carbocycles. The number of hydrogen-bond donors (Lipinski definition) is 1. The van der Waals surface area contributed by atoms with Crippen LogP contribution in [-0.2, 0) is 29.0 Å². The van der Waals surface area contributed by atoms with Gasteiger partial charge in [0, 0.05) is 19.0 Å². The molecule has 4 nitrogen and oxygen atoms in total. The molecule has 0 fully saturated rings. The predicted molar refractivity (Wildman–Crippen MR) is 134 cm³/mol. The highest BCUT2D eigenvalue weighted by Gasteiger charge is 2.31. The lowest BCUT2D eigenvalue weighted by atomic mass is 10.00. The fourth-order valence-electron chi connectivity index (χ4n) is 4.00. The highest BCUT2D eigenvalue weighted by Crippen LogP contribution is 2.19. The molecule has 0 unspecified atom stereocenters. The Morgan fingerprint density at radius 2 is 1.52 bits per heavy atom. The van der Waals surface area contributed by atoms with Crippen LogP contribution in [0.1, 0.15) is 41.7 Å². The number of amides is 2. The van der Waals surface area contributed by atoms with Crippen LogP contribution in [0.2, 0.25) is 0 Å². The molecule has 0 aliphatic rings. The van der Waals surface area contributed by atoms with Crippen molar-refractivity contribution in [2.45, 2.75) is 59.2 Å². The van der Waals surface area contributed by atoms with Crippen molar-refractivity contribution in [3.05, 3.63) is 107 Å². The van der Waals surface area contributed by atoms with Crippen LogP contribution in [0, 0.1) is 13.8 Å². The van der Waals surface area contributed by atoms with E-state index < -0.39 is 6.04 Å². The van der Waals surface area contributed by atoms with Crippen molar-refractivity contribution < 1.29 is 9.59 Å². The molecule has 33 heavy (non-hydrogen) atoms. The molecular weight excluding hydrogens is 408 g/mol. The van der Waals surface area contributed by atoms with Gasteiger partial charge in [0.25, 0.3) is 0 Å². The van der Waals surface area contributed by atoms with Crippen molar-refractivity contribution in [3.8, 4) is 0 Å². The van der Waals surface area contributed by atoms with Gasteiger partial charge in [0.2, 0.25) is 11.8 Å². The number of rotatable bonds is 9. The van der Waals surface area contributed by atoms with Crippen molar-refractivity contribution in [1.82, 2.24) is 10.2 Å². The van der Waals surface area contributed by atoms with Gasteiger partial charge in [0.05, 0.1) is 6.42 Å². The van der Waals surface area contributed by atoms with Gasteiger partial charge < -0.3 is 10.2 Å². The Balaban J connectivity index is 1.98. The standard InChI is InChI=1S/C29H34N2O2/c1-21(2)30-29(33)27(18-24-13-6-5-7-14-24)31(20-26-16-9-8-12-23(26)4)28(32)19-25-15-10-11-22(3)17-25/h5-17,21,27H,18-20H2,1-4H3,(H,30,33)/t27-/m1/s1. The number of carbonyl (C=O) groups excluding carboxylic acids is 2. The zero-order valence-electron chi connectivity index (χ0n) is 20.0. The smallest absolute Gasteiger partial charge is 0.243 e. The van der Waals surface area contributed by atoms with E-state index >= 15 is 0 Å². The monoisotopic (exact) mass is 442 g/mol. The molecule has 0 saturated carbocycles. The number of nitrogens with one attached hydrogen (secondary N) is 1. The average molecular weight is 443 g/mol. The Hall–Kier alpha value is -3.40. The van der Waals surface area contributed by atoms with Crippen LogP contribution >= 0.6 is 0 Å². The van der Waals surface area contributed by atoms with E-state index in [0.717, 1.165) is 27.8 Å². The van der Waals surface area contributed by atoms with Crippen LogP contribution in [0.3, 0.4) is 0 Å². The van der Waals surface area contributed by atoms with Gasteiger partial charge in [-0.15, -0.1) is 0 Å². The Morgan fingerprint density at radius 3 is 2.18 bits per heavy atom. The molecule has 0 spiro atoms. The van der Waals surface area contributed by atoms with E-state index in [-0.39, 0.29) is 24.3 Å². The van der Waals surface area contributed by atoms with Crippen LogP contribution in [0.4, 0.5) is 0 Å². The SMILES string of the molecule is Cc1cccc(CC(=O)N(Cc2ccccc2C)[C@H](Cc2ccccc2)C(=O)NC(C)C)c1. The lowest BCUT2D eigenvalue weighted by Gasteiger charge is -2.32. The molecule has 1 N–H and O–H groups in total. The van der Waals surface area contributed by atoms with Crippen molar-refractivity contribution in [3.63, 3.8) is 0 Å². The summed E-state index contributed by atoms with van der Waals surface area (Å²) in [6.45, 7) is 8.34. The molecular formula is C29H34N2O2. The van der Waals surface area contributed by atoms with Gasteiger partial charge in [-0.05, 0) is 49.9 Å². The summed E-state index contributed by atoms with van der Waals surface area (Å²) in [6.07, 6.45) is 0.721. The summed E-state index contributed by atoms with van der Waals surface area (Å²) in [6, 6.07) is 25.3. The molecule has 4 heteroatoms. The van der Waals surface area contributed by atoms with Gasteiger partial charge in [0.15, 0.2) is 0 Å². The highest BCUT2D eigenvalue weighted by molar-refractivity contribution is 5.89. The second-order valence-corrected chi connectivity index (χ2v) is 8.98. The minimum Gasteiger partial charge on any atom is -0.352 e. The van der Waals surface area contributed by atoms with E-state index in [1.165, 1.54) is 0 Å². The van der Waals surface area contributed by atoms with Gasteiger partial charge in [-0.1, -0.05) is 84.4 Å². The minimum absolute atomic E-state index is 0.0111. The number of nitrogens with zero attached hydrogens (tertiary/aromatic N) is 1. The summed E-state index contributed by atoms with van der Waals surface area (Å²) >= 11 is 0. The van der Waals surface area contributed by atoms with Crippen LogP contribution in [-0.4, -0.2) is 28.8 Å². The largest absolute Gasteiger partial charge is 0.352 e. The third-order valence-electron chi connectivity index (χ3n) is 5.74. The lowest BCUT2D eigenvalue weighted by Crippen LogP contribution is -2.52. The van der Waals surface area contributed by atoms with Gasteiger partial charge in [-0.3, -0.25) is 9.59 Å². The molecule has 0 aromatic heterocycles. The fraction of sp³-hybridized carbons (Fsp3) is 0.310. The highest BCUT2D eigenvalue weighted by atomic mass is 16.2. The Morgan fingerprint density at radius 1 is 0.848 bits per heavy atom. The van der Waals surface area contributed by atoms with Gasteiger partial charge in [-0.25, -0.2) is 0 Å². The first kappa shape index (κ1) is 24.2. The minimum atomic E-state index is -0.605. The molecule has 0 aliphatic heterocycles. The van der Waals surface area contributed by atoms with E-state index in [9.17, 15) is 9.59 Å². The molecule has 3 aromatic rings. The third kappa shape index (κ3) is 7.04. The summed E-state index contributed by atoms with van der Waals surface area (Å²) in [7, 11) is 0.